The summed E-state index contributed by atoms with van der Waals surface area (Å²) in [5, 5.41) is 3.46. The van der Waals surface area contributed by atoms with Gasteiger partial charge in [-0.05, 0) is 38.8 Å². The molecule has 2 rings (SSSR count). The Morgan fingerprint density at radius 1 is 1.43 bits per heavy atom. The van der Waals surface area contributed by atoms with E-state index >= 15 is 0 Å². The van der Waals surface area contributed by atoms with Crippen LogP contribution in [0.4, 0.5) is 0 Å². The van der Waals surface area contributed by atoms with Crippen molar-refractivity contribution in [2.45, 2.75) is 44.7 Å². The lowest BCUT2D eigenvalue weighted by atomic mass is 9.99. The highest BCUT2D eigenvalue weighted by molar-refractivity contribution is 5.00. The van der Waals surface area contributed by atoms with Crippen LogP contribution in [0.1, 0.15) is 32.6 Å². The molecule has 1 heterocycles. The van der Waals surface area contributed by atoms with E-state index < -0.39 is 0 Å². The molecule has 1 N–H and O–H groups in total. The van der Waals surface area contributed by atoms with E-state index in [2.05, 4.69) is 29.3 Å². The Labute approximate surface area is 87.4 Å². The summed E-state index contributed by atoms with van der Waals surface area (Å²) in [6.07, 6.45) is 10.1. The lowest BCUT2D eigenvalue weighted by Crippen LogP contribution is -2.43. The lowest BCUT2D eigenvalue weighted by Gasteiger charge is -2.35. The van der Waals surface area contributed by atoms with Crippen LogP contribution in [-0.4, -0.2) is 36.6 Å². The minimum atomic E-state index is 0.721. The molecular weight excluding hydrogens is 172 g/mol. The molecule has 2 unspecified atom stereocenters. The van der Waals surface area contributed by atoms with E-state index in [0.717, 1.165) is 12.1 Å². The molecule has 2 heteroatoms. The third-order valence-corrected chi connectivity index (χ3v) is 3.52. The average Bonchev–Trinajstić information content (AvgIpc) is 2.74. The van der Waals surface area contributed by atoms with Crippen molar-refractivity contribution in [1.82, 2.24) is 10.2 Å². The Bertz CT molecular complexity index is 194. The predicted octanol–water partition coefficient (Wildman–Crippen LogP) is 1.78. The van der Waals surface area contributed by atoms with Crippen LogP contribution in [-0.2, 0) is 0 Å². The smallest absolute Gasteiger partial charge is 0.0281 e. The van der Waals surface area contributed by atoms with Gasteiger partial charge in [-0.3, -0.25) is 4.90 Å². The van der Waals surface area contributed by atoms with Crippen LogP contribution in [0.5, 0.6) is 0 Å². The van der Waals surface area contributed by atoms with Crippen molar-refractivity contribution >= 4 is 0 Å². The second-order valence-electron chi connectivity index (χ2n) is 4.40. The molecular formula is C12H22N2. The lowest BCUT2D eigenvalue weighted by molar-refractivity contribution is 0.167. The number of allylic oxidation sites excluding steroid dienone is 1. The van der Waals surface area contributed by atoms with Crippen molar-refractivity contribution in [3.8, 4) is 0 Å². The summed E-state index contributed by atoms with van der Waals surface area (Å²) in [5.74, 6) is 0. The van der Waals surface area contributed by atoms with Crippen LogP contribution in [0.25, 0.3) is 0 Å². The van der Waals surface area contributed by atoms with Gasteiger partial charge < -0.3 is 5.32 Å². The summed E-state index contributed by atoms with van der Waals surface area (Å²) >= 11 is 0. The molecule has 2 nitrogen and oxygen atoms in total. The second kappa shape index (κ2) is 4.94. The maximum Gasteiger partial charge on any atom is 0.0281 e. The highest BCUT2D eigenvalue weighted by Gasteiger charge is 2.26. The first-order valence-corrected chi connectivity index (χ1v) is 6.05. The Morgan fingerprint density at radius 2 is 2.36 bits per heavy atom. The standard InChI is InChI=1S/C12H22N2/c1-2-14(12-8-9-13-10-12)11-6-4-3-5-7-11/h4,6,11-13H,2-3,5,7-10H2,1H3. The maximum atomic E-state index is 3.46. The van der Waals surface area contributed by atoms with Crippen LogP contribution >= 0.6 is 0 Å². The van der Waals surface area contributed by atoms with Gasteiger partial charge in [0.15, 0.2) is 0 Å². The van der Waals surface area contributed by atoms with E-state index in [-0.39, 0.29) is 0 Å². The van der Waals surface area contributed by atoms with Gasteiger partial charge in [0.05, 0.1) is 0 Å². The first-order valence-electron chi connectivity index (χ1n) is 6.05. The van der Waals surface area contributed by atoms with Gasteiger partial charge in [-0.25, -0.2) is 0 Å². The minimum absolute atomic E-state index is 0.721. The summed E-state index contributed by atoms with van der Waals surface area (Å²) in [7, 11) is 0. The van der Waals surface area contributed by atoms with Crippen LogP contribution < -0.4 is 5.32 Å². The van der Waals surface area contributed by atoms with E-state index in [4.69, 9.17) is 0 Å². The fourth-order valence-electron chi connectivity index (χ4n) is 2.76. The number of nitrogens with zero attached hydrogens (tertiary/aromatic N) is 1. The molecule has 1 fully saturated rings. The third-order valence-electron chi connectivity index (χ3n) is 3.52. The van der Waals surface area contributed by atoms with E-state index in [1.54, 1.807) is 0 Å². The van der Waals surface area contributed by atoms with Crippen LogP contribution in [0, 0.1) is 0 Å². The van der Waals surface area contributed by atoms with E-state index in [9.17, 15) is 0 Å². The first kappa shape index (κ1) is 10.2. The predicted molar refractivity (Wildman–Crippen MR) is 60.4 cm³/mol. The number of hydrogen-bond donors (Lipinski definition) is 1. The number of hydrogen-bond acceptors (Lipinski definition) is 2. The van der Waals surface area contributed by atoms with Crippen molar-refractivity contribution in [3.63, 3.8) is 0 Å². The Hall–Kier alpha value is -0.340. The first-order chi connectivity index (χ1) is 6.92. The normalized spacial score (nSPS) is 32.7. The topological polar surface area (TPSA) is 15.3 Å². The zero-order valence-corrected chi connectivity index (χ0v) is 9.21. The molecule has 0 spiro atoms. The van der Waals surface area contributed by atoms with Gasteiger partial charge >= 0.3 is 0 Å². The van der Waals surface area contributed by atoms with Crippen LogP contribution in [0.15, 0.2) is 12.2 Å². The van der Waals surface area contributed by atoms with Crippen LogP contribution in [0.2, 0.25) is 0 Å². The molecule has 0 saturated carbocycles. The molecule has 0 aromatic rings. The Balaban J connectivity index is 1.96. The number of rotatable bonds is 3. The molecule has 1 saturated heterocycles. The SMILES string of the molecule is CCN(C1C=CCCC1)C1CCNC1. The largest absolute Gasteiger partial charge is 0.315 e. The number of nitrogens with one attached hydrogen (secondary N) is 1. The molecule has 0 radical (unpaired) electrons. The zero-order chi connectivity index (χ0) is 9.80. The van der Waals surface area contributed by atoms with Crippen molar-refractivity contribution in [3.05, 3.63) is 12.2 Å². The van der Waals surface area contributed by atoms with Crippen molar-refractivity contribution in [2.24, 2.45) is 0 Å². The summed E-state index contributed by atoms with van der Waals surface area (Å²) in [6, 6.07) is 1.51. The van der Waals surface area contributed by atoms with Gasteiger partial charge in [-0.15, -0.1) is 0 Å². The molecule has 80 valence electrons. The molecule has 0 aromatic carbocycles. The van der Waals surface area contributed by atoms with Crippen molar-refractivity contribution in [1.29, 1.82) is 0 Å². The molecule has 2 atom stereocenters. The Kier molecular flexibility index (Phi) is 3.60. The molecule has 0 amide bonds. The summed E-state index contributed by atoms with van der Waals surface area (Å²) < 4.78 is 0. The fraction of sp³-hybridized carbons (Fsp3) is 0.833. The van der Waals surface area contributed by atoms with E-state index in [1.807, 2.05) is 0 Å². The van der Waals surface area contributed by atoms with Gasteiger partial charge in [0.1, 0.15) is 0 Å². The summed E-state index contributed by atoms with van der Waals surface area (Å²) in [4.78, 5) is 2.68. The maximum absolute atomic E-state index is 3.46. The summed E-state index contributed by atoms with van der Waals surface area (Å²) in [6.45, 7) is 5.89. The third kappa shape index (κ3) is 2.18. The van der Waals surface area contributed by atoms with Gasteiger partial charge in [0.25, 0.3) is 0 Å². The quantitative estimate of drug-likeness (QED) is 0.689. The number of likely N-dealkylation sites (N-methyl/N-ethyl adjacent to an activating group) is 1. The minimum Gasteiger partial charge on any atom is -0.315 e. The monoisotopic (exact) mass is 194 g/mol. The fourth-order valence-corrected chi connectivity index (χ4v) is 2.76. The summed E-state index contributed by atoms with van der Waals surface area (Å²) in [5.41, 5.74) is 0. The van der Waals surface area contributed by atoms with Gasteiger partial charge in [0.2, 0.25) is 0 Å². The van der Waals surface area contributed by atoms with Crippen molar-refractivity contribution < 1.29 is 0 Å². The van der Waals surface area contributed by atoms with Crippen molar-refractivity contribution in [2.75, 3.05) is 19.6 Å². The van der Waals surface area contributed by atoms with Gasteiger partial charge in [-0.1, -0.05) is 19.1 Å². The second-order valence-corrected chi connectivity index (χ2v) is 4.40. The van der Waals surface area contributed by atoms with E-state index in [1.165, 1.54) is 45.3 Å². The molecule has 2 aliphatic rings. The molecule has 1 aliphatic carbocycles. The molecule has 1 aliphatic heterocycles. The van der Waals surface area contributed by atoms with Gasteiger partial charge in [0, 0.05) is 18.6 Å². The molecule has 0 aromatic heterocycles. The van der Waals surface area contributed by atoms with Gasteiger partial charge in [-0.2, -0.15) is 0 Å². The Morgan fingerprint density at radius 3 is 2.93 bits per heavy atom. The van der Waals surface area contributed by atoms with E-state index in [0.29, 0.717) is 0 Å². The molecule has 14 heavy (non-hydrogen) atoms. The van der Waals surface area contributed by atoms with Crippen LogP contribution in [0.3, 0.4) is 0 Å². The molecule has 0 bridgehead atoms. The highest BCUT2D eigenvalue weighted by Crippen LogP contribution is 2.20. The zero-order valence-electron chi connectivity index (χ0n) is 9.21. The highest BCUT2D eigenvalue weighted by atomic mass is 15.2. The average molecular weight is 194 g/mol.